The number of nitrogens with zero attached hydrogens (tertiary/aromatic N) is 2. The van der Waals surface area contributed by atoms with Gasteiger partial charge < -0.3 is 9.47 Å². The quantitative estimate of drug-likeness (QED) is 0.166. The summed E-state index contributed by atoms with van der Waals surface area (Å²) >= 11 is 1.86. The average Bonchev–Trinajstić information content (AvgIpc) is 3.79. The Labute approximate surface area is 323 Å². The lowest BCUT2D eigenvalue weighted by atomic mass is 10.0. The first kappa shape index (κ1) is 31.6. The van der Waals surface area contributed by atoms with Crippen LogP contribution in [0.1, 0.15) is 0 Å². The Morgan fingerprint density at radius 2 is 0.909 bits per heavy atom. The van der Waals surface area contributed by atoms with E-state index in [1.54, 1.807) is 0 Å². The second-order valence-electron chi connectivity index (χ2n) is 14.2. The third kappa shape index (κ3) is 5.40. The third-order valence-corrected chi connectivity index (χ3v) is 12.1. The van der Waals surface area contributed by atoms with Crippen LogP contribution in [0.15, 0.2) is 206 Å². The summed E-state index contributed by atoms with van der Waals surface area (Å²) in [7, 11) is 0. The molecule has 9 aromatic carbocycles. The monoisotopic (exact) mass is 718 g/mol. The van der Waals surface area contributed by atoms with E-state index in [1.807, 2.05) is 11.3 Å². The van der Waals surface area contributed by atoms with E-state index in [2.05, 4.69) is 216 Å². The van der Waals surface area contributed by atoms with Crippen molar-refractivity contribution in [1.29, 1.82) is 0 Å². The highest BCUT2D eigenvalue weighted by Gasteiger charge is 2.17. The Morgan fingerprint density at radius 3 is 1.76 bits per heavy atom. The summed E-state index contributed by atoms with van der Waals surface area (Å²) in [6, 6.07) is 75.2. The first-order valence-electron chi connectivity index (χ1n) is 18.7. The number of para-hydroxylation sites is 1. The van der Waals surface area contributed by atoms with Gasteiger partial charge in [-0.25, -0.2) is 0 Å². The minimum atomic E-state index is 1.12. The van der Waals surface area contributed by atoms with Gasteiger partial charge in [0.2, 0.25) is 0 Å². The highest BCUT2D eigenvalue weighted by molar-refractivity contribution is 7.25. The number of fused-ring (bicyclic) bond motifs is 7. The van der Waals surface area contributed by atoms with Gasteiger partial charge in [-0.05, 0) is 112 Å². The largest absolute Gasteiger partial charge is 0.310 e. The van der Waals surface area contributed by atoms with Crippen molar-refractivity contribution in [1.82, 2.24) is 4.57 Å². The fraction of sp³-hybridized carbons (Fsp3) is 0. The van der Waals surface area contributed by atoms with Gasteiger partial charge in [-0.2, -0.15) is 0 Å². The van der Waals surface area contributed by atoms with E-state index in [0.29, 0.717) is 0 Å². The lowest BCUT2D eigenvalue weighted by molar-refractivity contribution is 1.18. The molecule has 2 nitrogen and oxygen atoms in total. The molecule has 11 rings (SSSR count). The maximum absolute atomic E-state index is 2.39. The Kier molecular flexibility index (Phi) is 7.39. The summed E-state index contributed by atoms with van der Waals surface area (Å²) in [5.41, 5.74) is 11.8. The summed E-state index contributed by atoms with van der Waals surface area (Å²) in [6.07, 6.45) is 0. The van der Waals surface area contributed by atoms with Crippen LogP contribution >= 0.6 is 11.3 Å². The van der Waals surface area contributed by atoms with Crippen molar-refractivity contribution >= 4 is 81.1 Å². The zero-order valence-corrected chi connectivity index (χ0v) is 30.7. The second kappa shape index (κ2) is 12.9. The van der Waals surface area contributed by atoms with Crippen LogP contribution < -0.4 is 4.90 Å². The van der Waals surface area contributed by atoms with Crippen LogP contribution in [-0.4, -0.2) is 4.57 Å². The molecule has 0 fully saturated rings. The second-order valence-corrected chi connectivity index (χ2v) is 15.3. The first-order chi connectivity index (χ1) is 27.2. The summed E-state index contributed by atoms with van der Waals surface area (Å²) in [4.78, 5) is 2.39. The average molecular weight is 719 g/mol. The molecule has 3 heteroatoms. The lowest BCUT2D eigenvalue weighted by Gasteiger charge is -2.26. The number of hydrogen-bond acceptors (Lipinski definition) is 2. The summed E-state index contributed by atoms with van der Waals surface area (Å²) in [6.45, 7) is 0. The van der Waals surface area contributed by atoms with Crippen molar-refractivity contribution in [2.75, 3.05) is 4.90 Å². The predicted molar refractivity (Wildman–Crippen MR) is 237 cm³/mol. The van der Waals surface area contributed by atoms with Crippen LogP contribution in [0.2, 0.25) is 0 Å². The van der Waals surface area contributed by atoms with E-state index in [1.165, 1.54) is 75.0 Å². The molecule has 2 heterocycles. The van der Waals surface area contributed by atoms with Crippen LogP contribution in [0.5, 0.6) is 0 Å². The summed E-state index contributed by atoms with van der Waals surface area (Å²) in [5.74, 6) is 0. The van der Waals surface area contributed by atoms with Crippen molar-refractivity contribution in [2.24, 2.45) is 0 Å². The van der Waals surface area contributed by atoms with E-state index < -0.39 is 0 Å². The van der Waals surface area contributed by atoms with Crippen molar-refractivity contribution in [3.05, 3.63) is 206 Å². The number of thiophene rings is 1. The molecule has 0 N–H and O–H groups in total. The van der Waals surface area contributed by atoms with Crippen LogP contribution in [0.3, 0.4) is 0 Å². The molecule has 11 aromatic rings. The maximum Gasteiger partial charge on any atom is 0.0541 e. The van der Waals surface area contributed by atoms with Crippen LogP contribution in [0.4, 0.5) is 17.1 Å². The van der Waals surface area contributed by atoms with Gasteiger partial charge in [0.15, 0.2) is 0 Å². The van der Waals surface area contributed by atoms with E-state index in [0.717, 1.165) is 22.7 Å². The molecule has 0 aliphatic rings. The molecule has 0 spiro atoms. The topological polar surface area (TPSA) is 8.17 Å². The summed E-state index contributed by atoms with van der Waals surface area (Å²) in [5, 5.41) is 7.56. The SMILES string of the molecule is c1ccc(-c2ccc(-n3c4ccccc4c4cc(-c5ccc(N(c6ccc7ccccc7c6)c6ccc7sc8ccccc8c7c6)cc5)ccc43)cc2)cc1. The zero-order valence-electron chi connectivity index (χ0n) is 29.9. The molecule has 55 heavy (non-hydrogen) atoms. The van der Waals surface area contributed by atoms with Crippen LogP contribution in [0, 0.1) is 0 Å². The molecule has 0 saturated carbocycles. The molecular formula is C52H34N2S. The van der Waals surface area contributed by atoms with E-state index in [4.69, 9.17) is 0 Å². The highest BCUT2D eigenvalue weighted by atomic mass is 32.1. The van der Waals surface area contributed by atoms with Crippen molar-refractivity contribution < 1.29 is 0 Å². The predicted octanol–water partition coefficient (Wildman–Crippen LogP) is 15.1. The Bertz CT molecular complexity index is 3190. The van der Waals surface area contributed by atoms with Gasteiger partial charge in [0.1, 0.15) is 0 Å². The fourth-order valence-corrected chi connectivity index (χ4v) is 9.37. The molecule has 0 aliphatic carbocycles. The molecule has 258 valence electrons. The van der Waals surface area contributed by atoms with Gasteiger partial charge in [0.25, 0.3) is 0 Å². The van der Waals surface area contributed by atoms with Crippen molar-refractivity contribution in [3.8, 4) is 27.9 Å². The van der Waals surface area contributed by atoms with Crippen LogP contribution in [0.25, 0.3) is 80.7 Å². The molecule has 0 atom stereocenters. The van der Waals surface area contributed by atoms with Gasteiger partial charge in [-0.15, -0.1) is 11.3 Å². The minimum absolute atomic E-state index is 1.12. The maximum atomic E-state index is 2.39. The lowest BCUT2D eigenvalue weighted by Crippen LogP contribution is -2.09. The van der Waals surface area contributed by atoms with Crippen LogP contribution in [-0.2, 0) is 0 Å². The molecule has 0 aliphatic heterocycles. The first-order valence-corrected chi connectivity index (χ1v) is 19.6. The van der Waals surface area contributed by atoms with E-state index >= 15 is 0 Å². The number of aromatic nitrogens is 1. The number of anilines is 3. The Hall–Kier alpha value is -6.94. The zero-order chi connectivity index (χ0) is 36.3. The Balaban J connectivity index is 1.000. The number of hydrogen-bond donors (Lipinski definition) is 0. The fourth-order valence-electron chi connectivity index (χ4n) is 8.28. The van der Waals surface area contributed by atoms with Crippen molar-refractivity contribution in [3.63, 3.8) is 0 Å². The molecule has 0 saturated heterocycles. The van der Waals surface area contributed by atoms with Gasteiger partial charge in [-0.3, -0.25) is 0 Å². The molecular weight excluding hydrogens is 685 g/mol. The van der Waals surface area contributed by atoms with Gasteiger partial charge in [-0.1, -0.05) is 127 Å². The normalized spacial score (nSPS) is 11.6. The van der Waals surface area contributed by atoms with Gasteiger partial charge in [0.05, 0.1) is 11.0 Å². The van der Waals surface area contributed by atoms with E-state index in [9.17, 15) is 0 Å². The molecule has 0 unspecified atom stereocenters. The molecule has 2 aromatic heterocycles. The standard InChI is InChI=1S/C52H34N2S/c1-2-10-35(11-3-1)37-18-26-42(27-19-37)54-49-16-8-6-14-45(49)47-33-40(23-30-50(47)54)38-20-24-41(25-21-38)53(43-28-22-36-12-4-5-13-39(36)32-43)44-29-31-52-48(34-44)46-15-7-9-17-51(46)55-52/h1-34H. The third-order valence-electron chi connectivity index (χ3n) is 11.0. The smallest absolute Gasteiger partial charge is 0.0541 e. The molecule has 0 radical (unpaired) electrons. The number of benzene rings is 9. The number of rotatable bonds is 6. The summed E-state index contributed by atoms with van der Waals surface area (Å²) < 4.78 is 5.01. The molecule has 0 bridgehead atoms. The minimum Gasteiger partial charge on any atom is -0.310 e. The van der Waals surface area contributed by atoms with Gasteiger partial charge >= 0.3 is 0 Å². The highest BCUT2D eigenvalue weighted by Crippen LogP contribution is 2.42. The van der Waals surface area contributed by atoms with E-state index in [-0.39, 0.29) is 0 Å². The van der Waals surface area contributed by atoms with Crippen molar-refractivity contribution in [2.45, 2.75) is 0 Å². The molecule has 0 amide bonds. The Morgan fingerprint density at radius 1 is 0.327 bits per heavy atom. The van der Waals surface area contributed by atoms with Gasteiger partial charge in [0, 0.05) is 53.7 Å².